The molecule has 1 aliphatic heterocycles. The number of rotatable bonds is 2. The summed E-state index contributed by atoms with van der Waals surface area (Å²) in [6.07, 6.45) is 0. The molecule has 1 aliphatic rings. The van der Waals surface area contributed by atoms with Gasteiger partial charge in [-0.2, -0.15) is 0 Å². The first-order valence-corrected chi connectivity index (χ1v) is 7.06. The Bertz CT molecular complexity index is 628. The van der Waals surface area contributed by atoms with Gasteiger partial charge in [-0.1, -0.05) is 0 Å². The lowest BCUT2D eigenvalue weighted by atomic mass is 10.1. The van der Waals surface area contributed by atoms with Gasteiger partial charge in [0.2, 0.25) is 0 Å². The van der Waals surface area contributed by atoms with Crippen molar-refractivity contribution in [1.29, 1.82) is 0 Å². The molecule has 6 heteroatoms. The number of pyridine rings is 1. The van der Waals surface area contributed by atoms with Crippen LogP contribution in [0.4, 0.5) is 5.69 Å². The Kier molecular flexibility index (Phi) is 6.72. The van der Waals surface area contributed by atoms with Gasteiger partial charge in [0.25, 0.3) is 0 Å². The number of halogens is 2. The Balaban J connectivity index is 0.00000121. The van der Waals surface area contributed by atoms with Crippen molar-refractivity contribution in [2.45, 2.75) is 6.92 Å². The molecule has 0 radical (unpaired) electrons. The molecule has 0 spiro atoms. The summed E-state index contributed by atoms with van der Waals surface area (Å²) in [5.74, 6) is 0.888. The molecule has 1 aromatic heterocycles. The minimum absolute atomic E-state index is 0. The lowest BCUT2D eigenvalue weighted by Crippen LogP contribution is -2.44. The van der Waals surface area contributed by atoms with Gasteiger partial charge in [-0.15, -0.1) is 24.8 Å². The Hall–Kier alpha value is -1.23. The zero-order valence-corrected chi connectivity index (χ0v) is 14.8. The molecule has 1 saturated heterocycles. The summed E-state index contributed by atoms with van der Waals surface area (Å²) in [4.78, 5) is 9.45. The van der Waals surface area contributed by atoms with Crippen LogP contribution in [-0.2, 0) is 0 Å². The zero-order valence-electron chi connectivity index (χ0n) is 13.2. The summed E-state index contributed by atoms with van der Waals surface area (Å²) in [5, 5.41) is 1.18. The summed E-state index contributed by atoms with van der Waals surface area (Å²) >= 11 is 0. The number of benzene rings is 1. The number of ether oxygens (including phenoxy) is 1. The highest BCUT2D eigenvalue weighted by Crippen LogP contribution is 2.30. The SMILES string of the molecule is COc1ccc2nc(C)cc(N3CCN(C)CC3)c2c1.Cl.Cl. The highest BCUT2D eigenvalue weighted by atomic mass is 35.5. The van der Waals surface area contributed by atoms with Gasteiger partial charge in [0, 0.05) is 42.9 Å². The molecule has 0 unspecified atom stereocenters. The monoisotopic (exact) mass is 343 g/mol. The van der Waals surface area contributed by atoms with E-state index in [-0.39, 0.29) is 24.8 Å². The van der Waals surface area contributed by atoms with Crippen molar-refractivity contribution in [1.82, 2.24) is 9.88 Å². The molecule has 1 aromatic carbocycles. The number of methoxy groups -OCH3 is 1. The zero-order chi connectivity index (χ0) is 14.1. The van der Waals surface area contributed by atoms with Gasteiger partial charge in [0.15, 0.2) is 0 Å². The summed E-state index contributed by atoms with van der Waals surface area (Å²) in [6.45, 7) is 6.39. The number of aryl methyl sites for hydroxylation is 1. The maximum Gasteiger partial charge on any atom is 0.119 e. The summed E-state index contributed by atoms with van der Waals surface area (Å²) in [6, 6.07) is 8.30. The molecule has 2 aromatic rings. The predicted molar refractivity (Wildman–Crippen MR) is 97.2 cm³/mol. The number of anilines is 1. The van der Waals surface area contributed by atoms with Crippen molar-refractivity contribution in [2.75, 3.05) is 45.2 Å². The van der Waals surface area contributed by atoms with Gasteiger partial charge in [-0.05, 0) is 38.2 Å². The number of nitrogens with zero attached hydrogens (tertiary/aromatic N) is 3. The normalized spacial score (nSPS) is 15.1. The van der Waals surface area contributed by atoms with E-state index >= 15 is 0 Å². The molecule has 1 fully saturated rings. The summed E-state index contributed by atoms with van der Waals surface area (Å²) in [5.41, 5.74) is 3.39. The number of hydrogen-bond acceptors (Lipinski definition) is 4. The van der Waals surface area contributed by atoms with Crippen molar-refractivity contribution >= 4 is 41.4 Å². The van der Waals surface area contributed by atoms with E-state index in [0.717, 1.165) is 43.1 Å². The topological polar surface area (TPSA) is 28.6 Å². The molecule has 0 saturated carbocycles. The minimum atomic E-state index is 0. The Morgan fingerprint density at radius 2 is 1.73 bits per heavy atom. The molecule has 3 rings (SSSR count). The fourth-order valence-electron chi connectivity index (χ4n) is 2.75. The highest BCUT2D eigenvalue weighted by molar-refractivity contribution is 5.93. The van der Waals surface area contributed by atoms with Crippen LogP contribution in [-0.4, -0.2) is 50.2 Å². The van der Waals surface area contributed by atoms with Crippen LogP contribution >= 0.6 is 24.8 Å². The summed E-state index contributed by atoms with van der Waals surface area (Å²) < 4.78 is 5.36. The smallest absolute Gasteiger partial charge is 0.119 e. The quantitative estimate of drug-likeness (QED) is 0.837. The van der Waals surface area contributed by atoms with Gasteiger partial charge in [-0.25, -0.2) is 0 Å². The van der Waals surface area contributed by atoms with E-state index in [9.17, 15) is 0 Å². The van der Waals surface area contributed by atoms with Crippen LogP contribution in [0, 0.1) is 6.92 Å². The van der Waals surface area contributed by atoms with Crippen molar-refractivity contribution < 1.29 is 4.74 Å². The second-order valence-electron chi connectivity index (χ2n) is 5.46. The average molecular weight is 344 g/mol. The van der Waals surface area contributed by atoms with E-state index in [2.05, 4.69) is 40.9 Å². The van der Waals surface area contributed by atoms with Crippen LogP contribution in [0.25, 0.3) is 10.9 Å². The lowest BCUT2D eigenvalue weighted by molar-refractivity contribution is 0.313. The third-order valence-corrected chi connectivity index (χ3v) is 3.97. The number of aromatic nitrogens is 1. The van der Waals surface area contributed by atoms with Crippen molar-refractivity contribution in [2.24, 2.45) is 0 Å². The first kappa shape index (κ1) is 18.8. The second kappa shape index (κ2) is 7.86. The molecule has 0 amide bonds. The van der Waals surface area contributed by atoms with Crippen LogP contribution in [0.1, 0.15) is 5.69 Å². The maximum absolute atomic E-state index is 5.36. The number of likely N-dealkylation sites (N-methyl/N-ethyl adjacent to an activating group) is 1. The van der Waals surface area contributed by atoms with Crippen LogP contribution in [0.15, 0.2) is 24.3 Å². The van der Waals surface area contributed by atoms with E-state index < -0.39 is 0 Å². The molecule has 0 aliphatic carbocycles. The summed E-state index contributed by atoms with van der Waals surface area (Å²) in [7, 11) is 3.88. The Morgan fingerprint density at radius 3 is 2.36 bits per heavy atom. The molecule has 22 heavy (non-hydrogen) atoms. The van der Waals surface area contributed by atoms with E-state index in [1.54, 1.807) is 7.11 Å². The molecule has 2 heterocycles. The van der Waals surface area contributed by atoms with Crippen LogP contribution in [0.5, 0.6) is 5.75 Å². The van der Waals surface area contributed by atoms with Crippen LogP contribution in [0.2, 0.25) is 0 Å². The molecule has 0 atom stereocenters. The fraction of sp³-hybridized carbons (Fsp3) is 0.438. The Morgan fingerprint density at radius 1 is 1.05 bits per heavy atom. The van der Waals surface area contributed by atoms with Gasteiger partial charge in [0.05, 0.1) is 12.6 Å². The third kappa shape index (κ3) is 3.75. The van der Waals surface area contributed by atoms with Crippen LogP contribution < -0.4 is 9.64 Å². The number of hydrogen-bond donors (Lipinski definition) is 0. The molecule has 0 bridgehead atoms. The molecule has 4 nitrogen and oxygen atoms in total. The van der Waals surface area contributed by atoms with E-state index in [0.29, 0.717) is 0 Å². The predicted octanol–water partition coefficient (Wildman–Crippen LogP) is 3.15. The number of piperazine rings is 1. The molecular weight excluding hydrogens is 321 g/mol. The number of fused-ring (bicyclic) bond motifs is 1. The average Bonchev–Trinajstić information content (AvgIpc) is 2.47. The first-order chi connectivity index (χ1) is 9.67. The van der Waals surface area contributed by atoms with E-state index in [1.165, 1.54) is 11.1 Å². The van der Waals surface area contributed by atoms with Gasteiger partial charge in [0.1, 0.15) is 5.75 Å². The van der Waals surface area contributed by atoms with E-state index in [1.807, 2.05) is 12.1 Å². The van der Waals surface area contributed by atoms with E-state index in [4.69, 9.17) is 4.74 Å². The third-order valence-electron chi connectivity index (χ3n) is 3.97. The van der Waals surface area contributed by atoms with Gasteiger partial charge in [-0.3, -0.25) is 4.98 Å². The largest absolute Gasteiger partial charge is 0.497 e. The fourth-order valence-corrected chi connectivity index (χ4v) is 2.75. The first-order valence-electron chi connectivity index (χ1n) is 7.06. The molecular formula is C16H23Cl2N3O. The van der Waals surface area contributed by atoms with Crippen molar-refractivity contribution in [3.63, 3.8) is 0 Å². The molecule has 0 N–H and O–H groups in total. The minimum Gasteiger partial charge on any atom is -0.497 e. The Labute approximate surface area is 144 Å². The maximum atomic E-state index is 5.36. The lowest BCUT2D eigenvalue weighted by Gasteiger charge is -2.34. The van der Waals surface area contributed by atoms with Crippen molar-refractivity contribution in [3.05, 3.63) is 30.0 Å². The highest BCUT2D eigenvalue weighted by Gasteiger charge is 2.17. The molecule has 122 valence electrons. The van der Waals surface area contributed by atoms with Crippen LogP contribution in [0.3, 0.4) is 0 Å². The standard InChI is InChI=1S/C16H21N3O.2ClH/c1-12-10-16(19-8-6-18(2)7-9-19)14-11-13(20-3)4-5-15(14)17-12;;/h4-5,10-11H,6-9H2,1-3H3;2*1H. The van der Waals surface area contributed by atoms with Gasteiger partial charge >= 0.3 is 0 Å². The second-order valence-corrected chi connectivity index (χ2v) is 5.46. The van der Waals surface area contributed by atoms with Crippen molar-refractivity contribution in [3.8, 4) is 5.75 Å². The van der Waals surface area contributed by atoms with Gasteiger partial charge < -0.3 is 14.5 Å².